The van der Waals surface area contributed by atoms with Crippen molar-refractivity contribution in [1.29, 1.82) is 0 Å². The highest BCUT2D eigenvalue weighted by atomic mass is 32.1. The highest BCUT2D eigenvalue weighted by Gasteiger charge is 2.18. The molecule has 0 aromatic carbocycles. The molecule has 1 fully saturated rings. The van der Waals surface area contributed by atoms with E-state index in [9.17, 15) is 4.79 Å². The van der Waals surface area contributed by atoms with E-state index in [2.05, 4.69) is 16.7 Å². The normalized spacial score (nSPS) is 22.8. The largest absolute Gasteiger partial charge is 0.351 e. The molecule has 0 saturated carbocycles. The summed E-state index contributed by atoms with van der Waals surface area (Å²) in [6.07, 6.45) is 7.39. The minimum Gasteiger partial charge on any atom is -0.351 e. The van der Waals surface area contributed by atoms with Gasteiger partial charge in [0.05, 0.1) is 4.88 Å². The first-order valence-electron chi connectivity index (χ1n) is 7.43. The van der Waals surface area contributed by atoms with Gasteiger partial charge in [-0.05, 0) is 62.7 Å². The third kappa shape index (κ3) is 3.18. The molecule has 4 heteroatoms. The van der Waals surface area contributed by atoms with Crippen LogP contribution in [0.15, 0.2) is 6.07 Å². The number of hydrogen-bond donors (Lipinski definition) is 2. The molecule has 104 valence electrons. The molecule has 1 amide bonds. The van der Waals surface area contributed by atoms with Crippen LogP contribution in [0.5, 0.6) is 0 Å². The Kier molecular flexibility index (Phi) is 4.18. The van der Waals surface area contributed by atoms with Gasteiger partial charge in [0.1, 0.15) is 0 Å². The Bertz CT molecular complexity index is 425. The molecule has 1 aromatic heterocycles. The Morgan fingerprint density at radius 1 is 1.37 bits per heavy atom. The first-order chi connectivity index (χ1) is 9.33. The summed E-state index contributed by atoms with van der Waals surface area (Å²) in [6, 6.07) is 2.13. The van der Waals surface area contributed by atoms with Gasteiger partial charge in [-0.1, -0.05) is 6.42 Å². The molecule has 0 bridgehead atoms. The number of nitrogens with one attached hydrogen (secondary N) is 2. The predicted octanol–water partition coefficient (Wildman–Crippen LogP) is 2.36. The highest BCUT2D eigenvalue weighted by molar-refractivity contribution is 7.14. The molecule has 1 saturated heterocycles. The fraction of sp³-hybridized carbons (Fsp3) is 0.667. The molecular formula is C15H22N2OS. The third-order valence-corrected chi connectivity index (χ3v) is 5.42. The molecule has 0 spiro atoms. The van der Waals surface area contributed by atoms with E-state index in [1.54, 1.807) is 11.3 Å². The standard InChI is InChI=1S/C15H22N2OS/c18-15(17-10-11-6-7-16-9-11)14-8-12-4-2-1-3-5-13(12)19-14/h8,11,16H,1-7,9-10H2,(H,17,18). The summed E-state index contributed by atoms with van der Waals surface area (Å²) in [5.74, 6) is 0.742. The van der Waals surface area contributed by atoms with Crippen molar-refractivity contribution in [3.63, 3.8) is 0 Å². The van der Waals surface area contributed by atoms with E-state index in [1.807, 2.05) is 0 Å². The number of fused-ring (bicyclic) bond motifs is 1. The maximum atomic E-state index is 12.2. The van der Waals surface area contributed by atoms with Gasteiger partial charge in [0.25, 0.3) is 5.91 Å². The molecule has 0 radical (unpaired) electrons. The summed E-state index contributed by atoms with van der Waals surface area (Å²) in [7, 11) is 0. The number of carbonyl (C=O) groups excluding carboxylic acids is 1. The molecular weight excluding hydrogens is 256 g/mol. The van der Waals surface area contributed by atoms with Crippen molar-refractivity contribution in [2.24, 2.45) is 5.92 Å². The first-order valence-corrected chi connectivity index (χ1v) is 8.25. The average Bonchev–Trinajstić information content (AvgIpc) is 3.02. The molecule has 2 N–H and O–H groups in total. The molecule has 2 aliphatic rings. The van der Waals surface area contributed by atoms with Crippen molar-refractivity contribution in [2.75, 3.05) is 19.6 Å². The van der Waals surface area contributed by atoms with Crippen LogP contribution < -0.4 is 10.6 Å². The molecule has 1 aliphatic carbocycles. The van der Waals surface area contributed by atoms with E-state index in [1.165, 1.54) is 42.5 Å². The predicted molar refractivity (Wildman–Crippen MR) is 78.9 cm³/mol. The van der Waals surface area contributed by atoms with Gasteiger partial charge in [-0.2, -0.15) is 0 Å². The summed E-state index contributed by atoms with van der Waals surface area (Å²) in [5, 5.41) is 6.43. The zero-order valence-corrected chi connectivity index (χ0v) is 12.2. The zero-order chi connectivity index (χ0) is 13.1. The van der Waals surface area contributed by atoms with Gasteiger partial charge in [-0.25, -0.2) is 0 Å². The lowest BCUT2D eigenvalue weighted by Gasteiger charge is -2.08. The van der Waals surface area contributed by atoms with Gasteiger partial charge in [0.15, 0.2) is 0 Å². The monoisotopic (exact) mass is 278 g/mol. The van der Waals surface area contributed by atoms with Gasteiger partial charge < -0.3 is 10.6 Å². The smallest absolute Gasteiger partial charge is 0.261 e. The number of rotatable bonds is 3. The number of aryl methyl sites for hydroxylation is 2. The van der Waals surface area contributed by atoms with Crippen molar-refractivity contribution >= 4 is 17.2 Å². The van der Waals surface area contributed by atoms with E-state index in [-0.39, 0.29) is 5.91 Å². The van der Waals surface area contributed by atoms with E-state index in [0.717, 1.165) is 30.9 Å². The van der Waals surface area contributed by atoms with E-state index < -0.39 is 0 Å². The van der Waals surface area contributed by atoms with Crippen molar-refractivity contribution in [3.8, 4) is 0 Å². The molecule has 1 aromatic rings. The van der Waals surface area contributed by atoms with Crippen LogP contribution in [0.2, 0.25) is 0 Å². The second-order valence-electron chi connectivity index (χ2n) is 5.69. The van der Waals surface area contributed by atoms with Gasteiger partial charge in [-0.3, -0.25) is 4.79 Å². The van der Waals surface area contributed by atoms with Crippen molar-refractivity contribution < 1.29 is 4.79 Å². The van der Waals surface area contributed by atoms with Crippen LogP contribution in [0.4, 0.5) is 0 Å². The van der Waals surface area contributed by atoms with Gasteiger partial charge >= 0.3 is 0 Å². The molecule has 3 rings (SSSR count). The van der Waals surface area contributed by atoms with E-state index >= 15 is 0 Å². The Balaban J connectivity index is 1.60. The van der Waals surface area contributed by atoms with Crippen LogP contribution in [0.1, 0.15) is 45.8 Å². The van der Waals surface area contributed by atoms with Crippen LogP contribution in [0.3, 0.4) is 0 Å². The molecule has 3 nitrogen and oxygen atoms in total. The van der Waals surface area contributed by atoms with E-state index in [0.29, 0.717) is 5.92 Å². The third-order valence-electron chi connectivity index (χ3n) is 4.18. The number of carbonyl (C=O) groups is 1. The Morgan fingerprint density at radius 2 is 2.26 bits per heavy atom. The lowest BCUT2D eigenvalue weighted by Crippen LogP contribution is -2.29. The van der Waals surface area contributed by atoms with Crippen LogP contribution in [-0.2, 0) is 12.8 Å². The van der Waals surface area contributed by atoms with Crippen molar-refractivity contribution in [3.05, 3.63) is 21.4 Å². The average molecular weight is 278 g/mol. The molecule has 1 aliphatic heterocycles. The van der Waals surface area contributed by atoms with Crippen molar-refractivity contribution in [2.45, 2.75) is 38.5 Å². The number of hydrogen-bond acceptors (Lipinski definition) is 3. The molecule has 1 atom stereocenters. The second-order valence-corrected chi connectivity index (χ2v) is 6.83. The fourth-order valence-corrected chi connectivity index (χ4v) is 4.16. The van der Waals surface area contributed by atoms with Crippen LogP contribution in [0.25, 0.3) is 0 Å². The minimum atomic E-state index is 0.130. The quantitative estimate of drug-likeness (QED) is 0.833. The molecule has 19 heavy (non-hydrogen) atoms. The Morgan fingerprint density at radius 3 is 3.11 bits per heavy atom. The molecule has 2 heterocycles. The van der Waals surface area contributed by atoms with Gasteiger partial charge in [-0.15, -0.1) is 11.3 Å². The number of thiophene rings is 1. The maximum Gasteiger partial charge on any atom is 0.261 e. The lowest BCUT2D eigenvalue weighted by atomic mass is 10.1. The first kappa shape index (κ1) is 13.1. The van der Waals surface area contributed by atoms with Crippen LogP contribution in [0, 0.1) is 5.92 Å². The van der Waals surface area contributed by atoms with Gasteiger partial charge in [0, 0.05) is 11.4 Å². The highest BCUT2D eigenvalue weighted by Crippen LogP contribution is 2.28. The summed E-state index contributed by atoms with van der Waals surface area (Å²) in [4.78, 5) is 14.5. The van der Waals surface area contributed by atoms with Crippen LogP contribution >= 0.6 is 11.3 Å². The second kappa shape index (κ2) is 6.06. The van der Waals surface area contributed by atoms with E-state index in [4.69, 9.17) is 0 Å². The topological polar surface area (TPSA) is 41.1 Å². The van der Waals surface area contributed by atoms with Crippen molar-refractivity contribution in [1.82, 2.24) is 10.6 Å². The maximum absolute atomic E-state index is 12.2. The Labute approximate surface area is 118 Å². The summed E-state index contributed by atoms with van der Waals surface area (Å²) < 4.78 is 0. The fourth-order valence-electron chi connectivity index (χ4n) is 2.99. The summed E-state index contributed by atoms with van der Waals surface area (Å²) >= 11 is 1.71. The molecule has 1 unspecified atom stereocenters. The Hall–Kier alpha value is -0.870. The number of amides is 1. The van der Waals surface area contributed by atoms with Gasteiger partial charge in [0.2, 0.25) is 0 Å². The zero-order valence-electron chi connectivity index (χ0n) is 11.3. The minimum absolute atomic E-state index is 0.130. The summed E-state index contributed by atoms with van der Waals surface area (Å²) in [5.41, 5.74) is 1.43. The SMILES string of the molecule is O=C(NCC1CCNC1)c1cc2c(s1)CCCCC2. The lowest BCUT2D eigenvalue weighted by molar-refractivity contribution is 0.0952. The summed E-state index contributed by atoms with van der Waals surface area (Å²) in [6.45, 7) is 2.95. The van der Waals surface area contributed by atoms with Crippen LogP contribution in [-0.4, -0.2) is 25.5 Å².